The molecule has 2 aromatic carbocycles. The lowest BCUT2D eigenvalue weighted by atomic mass is 10.2. The number of hydrogen-bond donors (Lipinski definition) is 1. The first-order valence-electron chi connectivity index (χ1n) is 8.33. The van der Waals surface area contributed by atoms with Crippen molar-refractivity contribution in [2.45, 2.75) is 6.92 Å². The van der Waals surface area contributed by atoms with Gasteiger partial charge in [0.05, 0.1) is 18.4 Å². The minimum atomic E-state index is -0.413. The second-order valence-corrected chi connectivity index (χ2v) is 5.48. The van der Waals surface area contributed by atoms with Crippen LogP contribution in [-0.2, 0) is 4.74 Å². The second kappa shape index (κ2) is 8.11. The molecule has 26 heavy (non-hydrogen) atoms. The van der Waals surface area contributed by atoms with Crippen LogP contribution in [0.25, 0.3) is 0 Å². The summed E-state index contributed by atoms with van der Waals surface area (Å²) in [6.07, 6.45) is 1.69. The fraction of sp³-hybridized carbons (Fsp3) is 0.150. The third-order valence-electron chi connectivity index (χ3n) is 3.88. The molecule has 6 heteroatoms. The topological polar surface area (TPSA) is 67.4 Å². The first-order chi connectivity index (χ1) is 12.7. The Hall–Kier alpha value is -3.41. The highest BCUT2D eigenvalue weighted by atomic mass is 16.5. The summed E-state index contributed by atoms with van der Waals surface area (Å²) in [5, 5.41) is 3.11. The number of methoxy groups -OCH3 is 1. The minimum absolute atomic E-state index is 0.410. The zero-order valence-electron chi connectivity index (χ0n) is 14.7. The fourth-order valence-electron chi connectivity index (χ4n) is 2.65. The maximum atomic E-state index is 11.9. The zero-order valence-corrected chi connectivity index (χ0v) is 14.7. The Morgan fingerprint density at radius 2 is 1.81 bits per heavy atom. The lowest BCUT2D eigenvalue weighted by Crippen LogP contribution is -2.18. The van der Waals surface area contributed by atoms with Gasteiger partial charge in [-0.2, -0.15) is 4.98 Å². The summed E-state index contributed by atoms with van der Waals surface area (Å²) >= 11 is 0. The molecule has 0 atom stereocenters. The third kappa shape index (κ3) is 3.80. The summed E-state index contributed by atoms with van der Waals surface area (Å²) < 4.78 is 4.82. The number of rotatable bonds is 6. The van der Waals surface area contributed by atoms with Gasteiger partial charge in [-0.3, -0.25) is 0 Å². The van der Waals surface area contributed by atoms with Gasteiger partial charge in [-0.25, -0.2) is 9.78 Å². The Bertz CT molecular complexity index is 884. The molecule has 0 saturated heterocycles. The Morgan fingerprint density at radius 1 is 1.08 bits per heavy atom. The number of carbonyl (C=O) groups excluding carboxylic acids is 1. The van der Waals surface area contributed by atoms with Crippen LogP contribution >= 0.6 is 0 Å². The number of ether oxygens (including phenoxy) is 1. The fourth-order valence-corrected chi connectivity index (χ4v) is 2.65. The number of nitrogens with one attached hydrogen (secondary N) is 1. The second-order valence-electron chi connectivity index (χ2n) is 5.48. The number of benzene rings is 2. The maximum Gasteiger partial charge on any atom is 0.339 e. The van der Waals surface area contributed by atoms with Crippen molar-refractivity contribution in [1.82, 2.24) is 9.97 Å². The summed E-state index contributed by atoms with van der Waals surface area (Å²) in [6.45, 7) is 2.83. The van der Waals surface area contributed by atoms with E-state index < -0.39 is 5.97 Å². The largest absolute Gasteiger partial charge is 0.465 e. The maximum absolute atomic E-state index is 11.9. The van der Waals surface area contributed by atoms with E-state index in [-0.39, 0.29) is 0 Å². The molecule has 0 amide bonds. The van der Waals surface area contributed by atoms with Gasteiger partial charge in [0, 0.05) is 18.4 Å². The van der Waals surface area contributed by atoms with E-state index in [2.05, 4.69) is 27.1 Å². The molecule has 1 heterocycles. The molecule has 0 saturated carbocycles. The van der Waals surface area contributed by atoms with Gasteiger partial charge in [-0.1, -0.05) is 30.3 Å². The van der Waals surface area contributed by atoms with Crippen molar-refractivity contribution < 1.29 is 9.53 Å². The number of esters is 1. The lowest BCUT2D eigenvalue weighted by molar-refractivity contribution is 0.0602. The molecule has 0 aliphatic carbocycles. The van der Waals surface area contributed by atoms with Crippen molar-refractivity contribution in [3.63, 3.8) is 0 Å². The molecule has 1 aromatic heterocycles. The highest BCUT2D eigenvalue weighted by Gasteiger charge is 2.13. The molecule has 3 rings (SSSR count). The van der Waals surface area contributed by atoms with Crippen molar-refractivity contribution in [3.05, 3.63) is 72.4 Å². The highest BCUT2D eigenvalue weighted by molar-refractivity contribution is 5.96. The number of para-hydroxylation sites is 2. The summed E-state index contributed by atoms with van der Waals surface area (Å²) in [5.41, 5.74) is 2.08. The first-order valence-corrected chi connectivity index (χ1v) is 8.33. The highest BCUT2D eigenvalue weighted by Crippen LogP contribution is 2.25. The number of aromatic nitrogens is 2. The Morgan fingerprint density at radius 3 is 2.54 bits per heavy atom. The molecule has 0 aliphatic heterocycles. The van der Waals surface area contributed by atoms with Gasteiger partial charge in [-0.05, 0) is 37.3 Å². The van der Waals surface area contributed by atoms with Crippen molar-refractivity contribution >= 4 is 29.1 Å². The lowest BCUT2D eigenvalue weighted by Gasteiger charge is -2.22. The van der Waals surface area contributed by atoms with E-state index in [0.29, 0.717) is 17.2 Å². The van der Waals surface area contributed by atoms with Crippen LogP contribution in [0.2, 0.25) is 0 Å². The van der Waals surface area contributed by atoms with Crippen LogP contribution in [0.15, 0.2) is 66.9 Å². The van der Waals surface area contributed by atoms with Crippen LogP contribution in [0.4, 0.5) is 23.1 Å². The SMILES string of the molecule is CCN(c1ccccc1)c1ccnc(Nc2ccccc2C(=O)OC)n1. The first kappa shape index (κ1) is 17.4. The molecule has 132 valence electrons. The predicted octanol–water partition coefficient (Wildman–Crippen LogP) is 4.16. The summed E-state index contributed by atoms with van der Waals surface area (Å²) in [4.78, 5) is 22.9. The Labute approximate surface area is 152 Å². The van der Waals surface area contributed by atoms with Crippen molar-refractivity contribution in [2.75, 3.05) is 23.9 Å². The van der Waals surface area contributed by atoms with E-state index >= 15 is 0 Å². The van der Waals surface area contributed by atoms with Gasteiger partial charge in [0.1, 0.15) is 5.82 Å². The molecule has 0 radical (unpaired) electrons. The predicted molar refractivity (Wildman–Crippen MR) is 102 cm³/mol. The van der Waals surface area contributed by atoms with E-state index in [1.54, 1.807) is 24.4 Å². The third-order valence-corrected chi connectivity index (χ3v) is 3.88. The molecular formula is C20H20N4O2. The summed E-state index contributed by atoms with van der Waals surface area (Å²) in [7, 11) is 1.36. The molecule has 0 unspecified atom stereocenters. The smallest absolute Gasteiger partial charge is 0.339 e. The van der Waals surface area contributed by atoms with E-state index in [1.165, 1.54) is 7.11 Å². The van der Waals surface area contributed by atoms with Gasteiger partial charge in [0.15, 0.2) is 0 Å². The Kier molecular flexibility index (Phi) is 5.43. The van der Waals surface area contributed by atoms with Crippen LogP contribution in [0, 0.1) is 0 Å². The molecule has 0 bridgehead atoms. The summed E-state index contributed by atoms with van der Waals surface area (Å²) in [6, 6.07) is 19.0. The van der Waals surface area contributed by atoms with E-state index in [0.717, 1.165) is 18.1 Å². The summed E-state index contributed by atoms with van der Waals surface area (Å²) in [5.74, 6) is 0.767. The average molecular weight is 348 g/mol. The van der Waals surface area contributed by atoms with Crippen LogP contribution in [0.3, 0.4) is 0 Å². The van der Waals surface area contributed by atoms with Crippen LogP contribution in [-0.4, -0.2) is 29.6 Å². The minimum Gasteiger partial charge on any atom is -0.465 e. The van der Waals surface area contributed by atoms with Crippen LogP contribution in [0.5, 0.6) is 0 Å². The molecule has 0 fully saturated rings. The molecular weight excluding hydrogens is 328 g/mol. The van der Waals surface area contributed by atoms with Crippen LogP contribution in [0.1, 0.15) is 17.3 Å². The number of hydrogen-bond acceptors (Lipinski definition) is 6. The van der Waals surface area contributed by atoms with E-state index in [9.17, 15) is 4.79 Å². The number of anilines is 4. The van der Waals surface area contributed by atoms with E-state index in [1.807, 2.05) is 42.5 Å². The monoisotopic (exact) mass is 348 g/mol. The van der Waals surface area contributed by atoms with Gasteiger partial charge < -0.3 is 15.0 Å². The van der Waals surface area contributed by atoms with Gasteiger partial charge in [-0.15, -0.1) is 0 Å². The van der Waals surface area contributed by atoms with Gasteiger partial charge in [0.2, 0.25) is 5.95 Å². The molecule has 0 aliphatic rings. The average Bonchev–Trinajstić information content (AvgIpc) is 2.69. The van der Waals surface area contributed by atoms with Crippen molar-refractivity contribution in [1.29, 1.82) is 0 Å². The van der Waals surface area contributed by atoms with Crippen molar-refractivity contribution in [2.24, 2.45) is 0 Å². The quantitative estimate of drug-likeness (QED) is 0.675. The molecule has 3 aromatic rings. The van der Waals surface area contributed by atoms with E-state index in [4.69, 9.17) is 4.74 Å². The molecule has 0 spiro atoms. The number of nitrogens with zero attached hydrogens (tertiary/aromatic N) is 3. The van der Waals surface area contributed by atoms with Gasteiger partial charge in [0.25, 0.3) is 0 Å². The number of carbonyl (C=O) groups is 1. The zero-order chi connectivity index (χ0) is 18.4. The van der Waals surface area contributed by atoms with Gasteiger partial charge >= 0.3 is 5.97 Å². The van der Waals surface area contributed by atoms with Crippen molar-refractivity contribution in [3.8, 4) is 0 Å². The molecule has 1 N–H and O–H groups in total. The standard InChI is InChI=1S/C20H20N4O2/c1-3-24(15-9-5-4-6-10-15)18-13-14-21-20(23-18)22-17-12-8-7-11-16(17)19(25)26-2/h4-14H,3H2,1-2H3,(H,21,22,23). The van der Waals surface area contributed by atoms with Crippen LogP contribution < -0.4 is 10.2 Å². The normalized spacial score (nSPS) is 10.2. The molecule has 6 nitrogen and oxygen atoms in total. The Balaban J connectivity index is 1.90.